The minimum absolute atomic E-state index is 0.185. The highest BCUT2D eigenvalue weighted by atomic mass is 16.5. The fourth-order valence-corrected chi connectivity index (χ4v) is 1.89. The molecule has 0 bridgehead atoms. The molecule has 21 heavy (non-hydrogen) atoms. The van der Waals surface area contributed by atoms with Crippen LogP contribution in [0.25, 0.3) is 0 Å². The third-order valence-electron chi connectivity index (χ3n) is 3.16. The Hall–Kier alpha value is -1.14. The largest absolute Gasteiger partial charge is 0.497 e. The number of nitrogens with one attached hydrogen (secondary N) is 1. The van der Waals surface area contributed by atoms with Gasteiger partial charge in [0.25, 0.3) is 0 Å². The van der Waals surface area contributed by atoms with Crippen LogP contribution in [0.5, 0.6) is 5.75 Å². The standard InChI is InChI=1S/C16H27NO4/c1-17-16(14-5-7-15(19-3)8-6-14)13-21-10-4-9-20-12-11-18-2/h5-8,16-17H,4,9-13H2,1-3H3. The van der Waals surface area contributed by atoms with Crippen molar-refractivity contribution in [3.8, 4) is 5.75 Å². The quantitative estimate of drug-likeness (QED) is 0.598. The van der Waals surface area contributed by atoms with Crippen molar-refractivity contribution in [2.75, 3.05) is 54.3 Å². The molecule has 1 rings (SSSR count). The molecule has 0 radical (unpaired) electrons. The fraction of sp³-hybridized carbons (Fsp3) is 0.625. The van der Waals surface area contributed by atoms with Crippen molar-refractivity contribution in [2.24, 2.45) is 0 Å². The number of rotatable bonds is 12. The number of hydrogen-bond acceptors (Lipinski definition) is 5. The molecule has 0 spiro atoms. The summed E-state index contributed by atoms with van der Waals surface area (Å²) >= 11 is 0. The number of methoxy groups -OCH3 is 2. The summed E-state index contributed by atoms with van der Waals surface area (Å²) < 4.78 is 21.2. The summed E-state index contributed by atoms with van der Waals surface area (Å²) in [7, 11) is 5.28. The van der Waals surface area contributed by atoms with Crippen LogP contribution in [-0.2, 0) is 14.2 Å². The van der Waals surface area contributed by atoms with Gasteiger partial charge in [-0.1, -0.05) is 12.1 Å². The highest BCUT2D eigenvalue weighted by Gasteiger charge is 2.09. The molecule has 1 N–H and O–H groups in total. The van der Waals surface area contributed by atoms with E-state index in [1.54, 1.807) is 14.2 Å². The zero-order valence-electron chi connectivity index (χ0n) is 13.3. The van der Waals surface area contributed by atoms with Gasteiger partial charge in [-0.3, -0.25) is 0 Å². The van der Waals surface area contributed by atoms with Gasteiger partial charge < -0.3 is 24.3 Å². The lowest BCUT2D eigenvalue weighted by Gasteiger charge is -2.17. The van der Waals surface area contributed by atoms with Crippen molar-refractivity contribution in [1.29, 1.82) is 0 Å². The lowest BCUT2D eigenvalue weighted by molar-refractivity contribution is 0.0478. The molecule has 0 amide bonds. The summed E-state index contributed by atoms with van der Waals surface area (Å²) in [5.41, 5.74) is 1.19. The SMILES string of the molecule is CNC(COCCCOCCOC)c1ccc(OC)cc1. The molecule has 1 aromatic carbocycles. The summed E-state index contributed by atoms with van der Waals surface area (Å²) in [5, 5.41) is 3.26. The Labute approximate surface area is 127 Å². The second-order valence-electron chi connectivity index (χ2n) is 4.65. The van der Waals surface area contributed by atoms with Crippen LogP contribution in [0.2, 0.25) is 0 Å². The fourth-order valence-electron chi connectivity index (χ4n) is 1.89. The monoisotopic (exact) mass is 297 g/mol. The molecular weight excluding hydrogens is 270 g/mol. The molecule has 1 aromatic rings. The van der Waals surface area contributed by atoms with Gasteiger partial charge in [-0.15, -0.1) is 0 Å². The minimum atomic E-state index is 0.185. The Kier molecular flexibility index (Phi) is 9.82. The Balaban J connectivity index is 2.18. The van der Waals surface area contributed by atoms with E-state index < -0.39 is 0 Å². The van der Waals surface area contributed by atoms with Crippen molar-refractivity contribution in [3.05, 3.63) is 29.8 Å². The first kappa shape index (κ1) is 17.9. The predicted octanol–water partition coefficient (Wildman–Crippen LogP) is 2.03. The zero-order valence-corrected chi connectivity index (χ0v) is 13.3. The van der Waals surface area contributed by atoms with Crippen molar-refractivity contribution in [3.63, 3.8) is 0 Å². The van der Waals surface area contributed by atoms with Crippen molar-refractivity contribution < 1.29 is 18.9 Å². The normalized spacial score (nSPS) is 12.3. The maximum Gasteiger partial charge on any atom is 0.118 e. The van der Waals surface area contributed by atoms with Gasteiger partial charge in [0.1, 0.15) is 5.75 Å². The number of ether oxygens (including phenoxy) is 4. The van der Waals surface area contributed by atoms with Gasteiger partial charge in [0, 0.05) is 20.3 Å². The number of hydrogen-bond donors (Lipinski definition) is 1. The van der Waals surface area contributed by atoms with E-state index in [-0.39, 0.29) is 6.04 Å². The topological polar surface area (TPSA) is 49.0 Å². The Morgan fingerprint density at radius 2 is 1.67 bits per heavy atom. The molecule has 5 nitrogen and oxygen atoms in total. The van der Waals surface area contributed by atoms with Crippen LogP contribution in [-0.4, -0.2) is 54.3 Å². The molecule has 1 atom stereocenters. The molecule has 0 aliphatic rings. The van der Waals surface area contributed by atoms with E-state index in [2.05, 4.69) is 17.4 Å². The molecule has 120 valence electrons. The van der Waals surface area contributed by atoms with E-state index in [9.17, 15) is 0 Å². The first-order chi connectivity index (χ1) is 10.3. The lowest BCUT2D eigenvalue weighted by atomic mass is 10.1. The van der Waals surface area contributed by atoms with Crippen LogP contribution in [0.15, 0.2) is 24.3 Å². The van der Waals surface area contributed by atoms with E-state index in [1.165, 1.54) is 5.56 Å². The van der Waals surface area contributed by atoms with Gasteiger partial charge in [0.15, 0.2) is 0 Å². The number of benzene rings is 1. The Bertz CT molecular complexity index is 356. The van der Waals surface area contributed by atoms with Crippen LogP contribution in [0, 0.1) is 0 Å². The van der Waals surface area contributed by atoms with Gasteiger partial charge in [0.2, 0.25) is 0 Å². The maximum absolute atomic E-state index is 5.70. The van der Waals surface area contributed by atoms with Crippen molar-refractivity contribution in [1.82, 2.24) is 5.32 Å². The molecule has 0 saturated carbocycles. The summed E-state index contributed by atoms with van der Waals surface area (Å²) in [4.78, 5) is 0. The van der Waals surface area contributed by atoms with Crippen LogP contribution in [0.3, 0.4) is 0 Å². The van der Waals surface area contributed by atoms with E-state index in [0.717, 1.165) is 12.2 Å². The highest BCUT2D eigenvalue weighted by Crippen LogP contribution is 2.17. The van der Waals surface area contributed by atoms with Crippen LogP contribution in [0.1, 0.15) is 18.0 Å². The average Bonchev–Trinajstić information content (AvgIpc) is 2.54. The van der Waals surface area contributed by atoms with Crippen LogP contribution in [0.4, 0.5) is 0 Å². The molecule has 0 heterocycles. The smallest absolute Gasteiger partial charge is 0.118 e. The van der Waals surface area contributed by atoms with E-state index >= 15 is 0 Å². The summed E-state index contributed by atoms with van der Waals surface area (Å²) in [6.45, 7) is 3.32. The van der Waals surface area contributed by atoms with Crippen molar-refractivity contribution in [2.45, 2.75) is 12.5 Å². The van der Waals surface area contributed by atoms with Gasteiger partial charge in [-0.05, 0) is 31.2 Å². The predicted molar refractivity (Wildman–Crippen MR) is 82.9 cm³/mol. The summed E-state index contributed by atoms with van der Waals surface area (Å²) in [6.07, 6.45) is 0.892. The maximum atomic E-state index is 5.70. The molecule has 0 aliphatic carbocycles. The second kappa shape index (κ2) is 11.5. The van der Waals surface area contributed by atoms with Crippen LogP contribution < -0.4 is 10.1 Å². The Morgan fingerprint density at radius 3 is 2.29 bits per heavy atom. The van der Waals surface area contributed by atoms with Crippen LogP contribution >= 0.6 is 0 Å². The first-order valence-corrected chi connectivity index (χ1v) is 7.27. The molecule has 1 unspecified atom stereocenters. The van der Waals surface area contributed by atoms with Gasteiger partial charge >= 0.3 is 0 Å². The molecule has 0 saturated heterocycles. The molecular formula is C16H27NO4. The van der Waals surface area contributed by atoms with Gasteiger partial charge in [0.05, 0.1) is 33.0 Å². The Morgan fingerprint density at radius 1 is 0.952 bits per heavy atom. The van der Waals surface area contributed by atoms with E-state index in [1.807, 2.05) is 19.2 Å². The highest BCUT2D eigenvalue weighted by molar-refractivity contribution is 5.29. The third-order valence-corrected chi connectivity index (χ3v) is 3.16. The summed E-state index contributed by atoms with van der Waals surface area (Å²) in [6, 6.07) is 8.21. The van der Waals surface area contributed by atoms with E-state index in [4.69, 9.17) is 18.9 Å². The molecule has 5 heteroatoms. The number of likely N-dealkylation sites (N-methyl/N-ethyl adjacent to an activating group) is 1. The average molecular weight is 297 g/mol. The van der Waals surface area contributed by atoms with Crippen molar-refractivity contribution >= 4 is 0 Å². The summed E-state index contributed by atoms with van der Waals surface area (Å²) in [5.74, 6) is 0.864. The van der Waals surface area contributed by atoms with E-state index in [0.29, 0.717) is 33.0 Å². The molecule has 0 aliphatic heterocycles. The van der Waals surface area contributed by atoms with Gasteiger partial charge in [-0.25, -0.2) is 0 Å². The molecule has 0 aromatic heterocycles. The lowest BCUT2D eigenvalue weighted by Crippen LogP contribution is -2.22. The second-order valence-corrected chi connectivity index (χ2v) is 4.65. The van der Waals surface area contributed by atoms with Gasteiger partial charge in [-0.2, -0.15) is 0 Å². The molecule has 0 fully saturated rings. The zero-order chi connectivity index (χ0) is 15.3. The third kappa shape index (κ3) is 7.43. The minimum Gasteiger partial charge on any atom is -0.497 e. The first-order valence-electron chi connectivity index (χ1n) is 7.27.